The van der Waals surface area contributed by atoms with Gasteiger partial charge >= 0.3 is 5.97 Å². The number of hydrogen-bond acceptors (Lipinski definition) is 9. The van der Waals surface area contributed by atoms with Gasteiger partial charge in [-0.25, -0.2) is 4.79 Å². The number of hydrogen-bond donors (Lipinski definition) is 4. The van der Waals surface area contributed by atoms with Crippen LogP contribution in [0.2, 0.25) is 0 Å². The van der Waals surface area contributed by atoms with Crippen LogP contribution in [0.1, 0.15) is 86.6 Å². The summed E-state index contributed by atoms with van der Waals surface area (Å²) in [7, 11) is 6.61. The molecule has 56 heavy (non-hydrogen) atoms. The summed E-state index contributed by atoms with van der Waals surface area (Å²) in [6, 6.07) is 5.60. The monoisotopic (exact) mass is 789 g/mol. The molecule has 0 spiro atoms. The van der Waals surface area contributed by atoms with Crippen LogP contribution in [-0.2, 0) is 39.9 Å². The first kappa shape index (κ1) is 48.6. The maximum absolute atomic E-state index is 14.4. The summed E-state index contributed by atoms with van der Waals surface area (Å²) < 4.78 is 11.9. The van der Waals surface area contributed by atoms with Crippen molar-refractivity contribution in [3.8, 4) is 0 Å². The van der Waals surface area contributed by atoms with Crippen LogP contribution in [0.4, 0.5) is 0 Å². The molecule has 318 valence electrons. The van der Waals surface area contributed by atoms with Crippen LogP contribution in [0.25, 0.3) is 0 Å². The minimum atomic E-state index is -1.14. The molecule has 1 saturated heterocycles. The van der Waals surface area contributed by atoms with Crippen LogP contribution in [0.3, 0.4) is 0 Å². The molecule has 1 heterocycles. The largest absolute Gasteiger partial charge is 0.480 e. The number of likely N-dealkylation sites (tertiary alicyclic amines) is 1. The van der Waals surface area contributed by atoms with Crippen LogP contribution in [0.15, 0.2) is 30.3 Å². The topological polar surface area (TPSA) is 184 Å². The maximum atomic E-state index is 14.4. The molecular formula is C42H72N6O8. The maximum Gasteiger partial charge on any atom is 0.326 e. The van der Waals surface area contributed by atoms with Crippen molar-refractivity contribution in [3.05, 3.63) is 35.9 Å². The van der Waals surface area contributed by atoms with Crippen LogP contribution in [0, 0.1) is 23.7 Å². The summed E-state index contributed by atoms with van der Waals surface area (Å²) in [5.74, 6) is -3.39. The highest BCUT2D eigenvalue weighted by atomic mass is 16.5. The molecule has 10 atom stereocenters. The van der Waals surface area contributed by atoms with Gasteiger partial charge < -0.3 is 40.7 Å². The normalized spacial score (nSPS) is 19.4. The van der Waals surface area contributed by atoms with Crippen LogP contribution in [-0.4, -0.2) is 139 Å². The standard InChI is InChI=1S/C42H72N6O8/c1-13-27(6)37(47(10)41(52)35(25(2)3)45-40(51)36(26(4)5)46(9)24-28(7)43)33(55-11)23-34(49)48-21-17-20-32(48)38(56-12)29(8)39(50)44-31(42(53)54)22-30-18-15-14-16-19-30/h14-16,18-19,25-29,31-33,35-38H,13,17,20-24,43H2,1-12H3,(H,44,50)(H,45,51)(H,53,54)/t27-,28-,29+,31-,32-,33+,35?,36-,37-,38+/m0/s1. The minimum Gasteiger partial charge on any atom is -0.480 e. The van der Waals surface area contributed by atoms with Crippen LogP contribution in [0.5, 0.6) is 0 Å². The Hall–Kier alpha value is -3.59. The van der Waals surface area contributed by atoms with Gasteiger partial charge in [0, 0.05) is 46.8 Å². The second-order valence-electron chi connectivity index (χ2n) is 16.5. The summed E-state index contributed by atoms with van der Waals surface area (Å²) in [4.78, 5) is 73.2. The summed E-state index contributed by atoms with van der Waals surface area (Å²) in [6.45, 7) is 16.3. The molecular weight excluding hydrogens is 716 g/mol. The van der Waals surface area contributed by atoms with E-state index in [0.717, 1.165) is 5.56 Å². The van der Waals surface area contributed by atoms with Crippen LogP contribution >= 0.6 is 0 Å². The van der Waals surface area contributed by atoms with Gasteiger partial charge in [-0.05, 0) is 50.1 Å². The lowest BCUT2D eigenvalue weighted by Crippen LogP contribution is -2.60. The number of carbonyl (C=O) groups excluding carboxylic acids is 4. The van der Waals surface area contributed by atoms with E-state index in [4.69, 9.17) is 15.2 Å². The zero-order valence-electron chi connectivity index (χ0n) is 36.0. The van der Waals surface area contributed by atoms with Crippen molar-refractivity contribution >= 4 is 29.6 Å². The number of carboxylic acids is 1. The molecule has 0 bridgehead atoms. The van der Waals surface area contributed by atoms with E-state index in [1.807, 2.05) is 90.7 Å². The van der Waals surface area contributed by atoms with E-state index >= 15 is 0 Å². The number of rotatable bonds is 23. The summed E-state index contributed by atoms with van der Waals surface area (Å²) in [5.41, 5.74) is 6.83. The molecule has 0 saturated carbocycles. The molecule has 0 aromatic heterocycles. The fourth-order valence-corrected chi connectivity index (χ4v) is 8.21. The van der Waals surface area contributed by atoms with Crippen molar-refractivity contribution in [1.82, 2.24) is 25.3 Å². The van der Waals surface area contributed by atoms with E-state index < -0.39 is 60.2 Å². The first-order valence-corrected chi connectivity index (χ1v) is 20.3. The molecule has 14 nitrogen and oxygen atoms in total. The van der Waals surface area contributed by atoms with Gasteiger partial charge in [0.05, 0.1) is 42.7 Å². The summed E-state index contributed by atoms with van der Waals surface area (Å²) >= 11 is 0. The Bertz CT molecular complexity index is 1410. The second-order valence-corrected chi connectivity index (χ2v) is 16.5. The highest BCUT2D eigenvalue weighted by Crippen LogP contribution is 2.30. The van der Waals surface area contributed by atoms with Gasteiger partial charge in [-0.2, -0.15) is 0 Å². The van der Waals surface area contributed by atoms with Crippen molar-refractivity contribution in [1.29, 1.82) is 0 Å². The Kier molecular flexibility index (Phi) is 19.9. The second kappa shape index (κ2) is 23.0. The van der Waals surface area contributed by atoms with Gasteiger partial charge in [0.25, 0.3) is 0 Å². The van der Waals surface area contributed by atoms with Crippen molar-refractivity contribution in [2.75, 3.05) is 41.4 Å². The van der Waals surface area contributed by atoms with Crippen molar-refractivity contribution in [2.24, 2.45) is 29.4 Å². The predicted molar refractivity (Wildman–Crippen MR) is 218 cm³/mol. The fourth-order valence-electron chi connectivity index (χ4n) is 8.21. The molecule has 1 aromatic carbocycles. The first-order valence-electron chi connectivity index (χ1n) is 20.3. The number of methoxy groups -OCH3 is 2. The van der Waals surface area contributed by atoms with E-state index in [1.54, 1.807) is 23.8 Å². The fraction of sp³-hybridized carbons (Fsp3) is 0.738. The van der Waals surface area contributed by atoms with E-state index in [9.17, 15) is 29.1 Å². The number of carbonyl (C=O) groups is 5. The van der Waals surface area contributed by atoms with Gasteiger partial charge in [0.15, 0.2) is 0 Å². The first-order chi connectivity index (χ1) is 26.3. The number of nitrogens with two attached hydrogens (primary N) is 1. The van der Waals surface area contributed by atoms with Gasteiger partial charge in [-0.15, -0.1) is 0 Å². The molecule has 1 aromatic rings. The number of benzene rings is 1. The highest BCUT2D eigenvalue weighted by molar-refractivity contribution is 5.90. The summed E-state index contributed by atoms with van der Waals surface area (Å²) in [5, 5.41) is 15.6. The lowest BCUT2D eigenvalue weighted by atomic mass is 9.89. The molecule has 0 aliphatic carbocycles. The molecule has 14 heteroatoms. The minimum absolute atomic E-state index is 0.0228. The van der Waals surface area contributed by atoms with E-state index in [1.165, 1.54) is 14.2 Å². The Morgan fingerprint density at radius 3 is 2.05 bits per heavy atom. The molecule has 1 unspecified atom stereocenters. The Balaban J connectivity index is 2.28. The number of nitrogens with one attached hydrogen (secondary N) is 2. The third kappa shape index (κ3) is 13.2. The Labute approximate surface area is 335 Å². The predicted octanol–water partition coefficient (Wildman–Crippen LogP) is 3.16. The highest BCUT2D eigenvalue weighted by Gasteiger charge is 2.43. The number of carboxylic acid groups (broad SMARTS) is 1. The lowest BCUT2D eigenvalue weighted by Gasteiger charge is -2.41. The number of aliphatic carboxylic acids is 1. The van der Waals surface area contributed by atoms with Gasteiger partial charge in [0.2, 0.25) is 23.6 Å². The van der Waals surface area contributed by atoms with Gasteiger partial charge in [-0.1, -0.05) is 85.2 Å². The Morgan fingerprint density at radius 1 is 0.929 bits per heavy atom. The SMILES string of the molecule is CC[C@H](C)[C@@H]([C@@H](CC(=O)N1CCC[C@H]1[C@H](OC)[C@@H](C)C(=O)N[C@@H](Cc1ccccc1)C(=O)O)OC)N(C)C(=O)C(NC(=O)[C@H](C(C)C)N(C)C[C@H](C)N)C(C)C. The lowest BCUT2D eigenvalue weighted by molar-refractivity contribution is -0.148. The molecule has 2 rings (SSSR count). The smallest absolute Gasteiger partial charge is 0.326 e. The number of nitrogens with zero attached hydrogens (tertiary/aromatic N) is 3. The Morgan fingerprint density at radius 2 is 1.55 bits per heavy atom. The van der Waals surface area contributed by atoms with Crippen LogP contribution < -0.4 is 16.4 Å². The van der Waals surface area contributed by atoms with Gasteiger partial charge in [-0.3, -0.25) is 24.1 Å². The van der Waals surface area contributed by atoms with E-state index in [2.05, 4.69) is 10.6 Å². The average molecular weight is 789 g/mol. The zero-order chi connectivity index (χ0) is 42.4. The number of amides is 4. The van der Waals surface area contributed by atoms with E-state index in [0.29, 0.717) is 32.4 Å². The number of likely N-dealkylation sites (N-methyl/N-ethyl adjacent to an activating group) is 2. The molecule has 1 aliphatic heterocycles. The third-order valence-corrected chi connectivity index (χ3v) is 11.3. The zero-order valence-corrected chi connectivity index (χ0v) is 36.0. The average Bonchev–Trinajstić information content (AvgIpc) is 3.62. The van der Waals surface area contributed by atoms with E-state index in [-0.39, 0.29) is 54.4 Å². The molecule has 1 aliphatic rings. The number of ether oxygens (including phenoxy) is 2. The third-order valence-electron chi connectivity index (χ3n) is 11.3. The molecule has 4 amide bonds. The quantitative estimate of drug-likeness (QED) is 0.129. The van der Waals surface area contributed by atoms with Gasteiger partial charge in [0.1, 0.15) is 12.1 Å². The molecule has 1 fully saturated rings. The summed E-state index contributed by atoms with van der Waals surface area (Å²) in [6.07, 6.45) is 0.748. The molecule has 5 N–H and O–H groups in total. The molecule has 0 radical (unpaired) electrons. The van der Waals surface area contributed by atoms with Crippen molar-refractivity contribution in [2.45, 2.75) is 136 Å². The van der Waals surface area contributed by atoms with Crippen molar-refractivity contribution < 1.29 is 38.6 Å². The van der Waals surface area contributed by atoms with Crippen molar-refractivity contribution in [3.63, 3.8) is 0 Å².